The molecule has 0 saturated carbocycles. The van der Waals surface area contributed by atoms with Crippen LogP contribution in [0.4, 0.5) is 0 Å². The maximum absolute atomic E-state index is 11.2. The smallest absolute Gasteiger partial charge is 0.132 e. The molecule has 0 bridgehead atoms. The minimum absolute atomic E-state index is 0.162. The Morgan fingerprint density at radius 3 is 2.29 bits per heavy atom. The standard InChI is InChI=1S/C13H18O/c1-10(11(2)12(3)14)9-13-7-5-4-6-8-13/h4-8,10-11H,9H2,1-3H3/t10-,11+/m0/s1. The molecular weight excluding hydrogens is 172 g/mol. The van der Waals surface area contributed by atoms with Crippen LogP contribution in [0.5, 0.6) is 0 Å². The van der Waals surface area contributed by atoms with Crippen molar-refractivity contribution >= 4 is 5.78 Å². The largest absolute Gasteiger partial charge is 0.300 e. The van der Waals surface area contributed by atoms with Gasteiger partial charge >= 0.3 is 0 Å². The first-order chi connectivity index (χ1) is 6.61. The van der Waals surface area contributed by atoms with Crippen LogP contribution >= 0.6 is 0 Å². The molecule has 1 heteroatoms. The molecule has 0 aliphatic rings. The second-order valence-electron chi connectivity index (χ2n) is 4.07. The number of carbonyl (C=O) groups excluding carboxylic acids is 1. The van der Waals surface area contributed by atoms with Gasteiger partial charge in [-0.05, 0) is 24.8 Å². The summed E-state index contributed by atoms with van der Waals surface area (Å²) in [4.78, 5) is 11.2. The van der Waals surface area contributed by atoms with E-state index in [2.05, 4.69) is 19.1 Å². The highest BCUT2D eigenvalue weighted by Gasteiger charge is 2.16. The molecule has 1 rings (SSSR count). The molecule has 0 heterocycles. The van der Waals surface area contributed by atoms with Gasteiger partial charge in [0.2, 0.25) is 0 Å². The number of ketones is 1. The van der Waals surface area contributed by atoms with Crippen LogP contribution in [0.2, 0.25) is 0 Å². The van der Waals surface area contributed by atoms with Crippen LogP contribution < -0.4 is 0 Å². The zero-order valence-electron chi connectivity index (χ0n) is 9.16. The number of rotatable bonds is 4. The van der Waals surface area contributed by atoms with Gasteiger partial charge in [-0.1, -0.05) is 44.2 Å². The predicted molar refractivity (Wildman–Crippen MR) is 59.2 cm³/mol. The summed E-state index contributed by atoms with van der Waals surface area (Å²) in [7, 11) is 0. The van der Waals surface area contributed by atoms with Gasteiger partial charge in [-0.25, -0.2) is 0 Å². The number of hydrogen-bond donors (Lipinski definition) is 0. The van der Waals surface area contributed by atoms with Gasteiger partial charge in [0, 0.05) is 5.92 Å². The van der Waals surface area contributed by atoms with E-state index >= 15 is 0 Å². The van der Waals surface area contributed by atoms with Crippen molar-refractivity contribution in [2.24, 2.45) is 11.8 Å². The third-order valence-electron chi connectivity index (χ3n) is 2.90. The summed E-state index contributed by atoms with van der Waals surface area (Å²) >= 11 is 0. The van der Waals surface area contributed by atoms with Crippen molar-refractivity contribution in [3.8, 4) is 0 Å². The van der Waals surface area contributed by atoms with Gasteiger partial charge in [-0.2, -0.15) is 0 Å². The number of benzene rings is 1. The summed E-state index contributed by atoms with van der Waals surface area (Å²) < 4.78 is 0. The van der Waals surface area contributed by atoms with E-state index in [1.54, 1.807) is 6.92 Å². The fraction of sp³-hybridized carbons (Fsp3) is 0.462. The molecule has 1 aromatic rings. The Bertz CT molecular complexity index is 289. The number of Topliss-reactive ketones (excluding diaryl/α,β-unsaturated/α-hetero) is 1. The molecule has 0 spiro atoms. The molecule has 0 aromatic heterocycles. The molecule has 0 unspecified atom stereocenters. The van der Waals surface area contributed by atoms with E-state index in [0.717, 1.165) is 6.42 Å². The van der Waals surface area contributed by atoms with E-state index in [4.69, 9.17) is 0 Å². The van der Waals surface area contributed by atoms with Gasteiger partial charge < -0.3 is 0 Å². The van der Waals surface area contributed by atoms with E-state index in [1.807, 2.05) is 25.1 Å². The lowest BCUT2D eigenvalue weighted by Gasteiger charge is -2.16. The van der Waals surface area contributed by atoms with E-state index < -0.39 is 0 Å². The Morgan fingerprint density at radius 1 is 1.21 bits per heavy atom. The van der Waals surface area contributed by atoms with Crippen molar-refractivity contribution in [1.29, 1.82) is 0 Å². The Kier molecular flexibility index (Phi) is 3.87. The summed E-state index contributed by atoms with van der Waals surface area (Å²) in [5, 5.41) is 0. The molecule has 0 N–H and O–H groups in total. The number of hydrogen-bond acceptors (Lipinski definition) is 1. The summed E-state index contributed by atoms with van der Waals surface area (Å²) in [5.74, 6) is 0.874. The SMILES string of the molecule is CC(=O)[C@H](C)[C@@H](C)Cc1ccccc1. The van der Waals surface area contributed by atoms with Crippen LogP contribution in [-0.2, 0) is 11.2 Å². The average Bonchev–Trinajstić information content (AvgIpc) is 2.18. The normalized spacial score (nSPS) is 14.8. The first kappa shape index (κ1) is 11.0. The van der Waals surface area contributed by atoms with Gasteiger partial charge in [0.1, 0.15) is 5.78 Å². The van der Waals surface area contributed by atoms with Crippen molar-refractivity contribution in [3.05, 3.63) is 35.9 Å². The van der Waals surface area contributed by atoms with Crippen molar-refractivity contribution in [2.75, 3.05) is 0 Å². The lowest BCUT2D eigenvalue weighted by Crippen LogP contribution is -2.17. The van der Waals surface area contributed by atoms with E-state index in [-0.39, 0.29) is 11.7 Å². The van der Waals surface area contributed by atoms with Gasteiger partial charge in [-0.15, -0.1) is 0 Å². The highest BCUT2D eigenvalue weighted by molar-refractivity contribution is 5.78. The van der Waals surface area contributed by atoms with Crippen molar-refractivity contribution < 1.29 is 4.79 Å². The zero-order chi connectivity index (χ0) is 10.6. The van der Waals surface area contributed by atoms with Gasteiger partial charge in [0.15, 0.2) is 0 Å². The van der Waals surface area contributed by atoms with Crippen LogP contribution in [-0.4, -0.2) is 5.78 Å². The molecule has 1 aromatic carbocycles. The van der Waals surface area contributed by atoms with Gasteiger partial charge in [-0.3, -0.25) is 4.79 Å². The minimum atomic E-state index is 0.162. The maximum atomic E-state index is 11.2. The summed E-state index contributed by atoms with van der Waals surface area (Å²) in [6.07, 6.45) is 0.988. The molecule has 0 fully saturated rings. The van der Waals surface area contributed by atoms with Crippen molar-refractivity contribution in [2.45, 2.75) is 27.2 Å². The summed E-state index contributed by atoms with van der Waals surface area (Å²) in [5.41, 5.74) is 1.31. The average molecular weight is 190 g/mol. The van der Waals surface area contributed by atoms with Gasteiger partial charge in [0.05, 0.1) is 0 Å². The molecule has 0 aliphatic carbocycles. The Hall–Kier alpha value is -1.11. The first-order valence-electron chi connectivity index (χ1n) is 5.15. The van der Waals surface area contributed by atoms with Crippen molar-refractivity contribution in [1.82, 2.24) is 0 Å². The topological polar surface area (TPSA) is 17.1 Å². The molecule has 2 atom stereocenters. The molecule has 0 saturated heterocycles. The predicted octanol–water partition coefficient (Wildman–Crippen LogP) is 3.09. The summed E-state index contributed by atoms with van der Waals surface area (Å²) in [6.45, 7) is 5.82. The van der Waals surface area contributed by atoms with Gasteiger partial charge in [0.25, 0.3) is 0 Å². The number of carbonyl (C=O) groups is 1. The van der Waals surface area contributed by atoms with E-state index in [1.165, 1.54) is 5.56 Å². The molecule has 0 aliphatic heterocycles. The quantitative estimate of drug-likeness (QED) is 0.713. The third kappa shape index (κ3) is 2.99. The molecule has 0 amide bonds. The molecular formula is C13H18O. The molecule has 1 nitrogen and oxygen atoms in total. The molecule has 14 heavy (non-hydrogen) atoms. The van der Waals surface area contributed by atoms with Crippen LogP contribution in [0.25, 0.3) is 0 Å². The van der Waals surface area contributed by atoms with E-state index in [9.17, 15) is 4.79 Å². The van der Waals surface area contributed by atoms with Crippen molar-refractivity contribution in [3.63, 3.8) is 0 Å². The summed E-state index contributed by atoms with van der Waals surface area (Å²) in [6, 6.07) is 10.3. The zero-order valence-corrected chi connectivity index (χ0v) is 9.16. The lowest BCUT2D eigenvalue weighted by molar-refractivity contribution is -0.121. The fourth-order valence-corrected chi connectivity index (χ4v) is 1.56. The molecule has 76 valence electrons. The lowest BCUT2D eigenvalue weighted by atomic mass is 9.87. The van der Waals surface area contributed by atoms with Crippen LogP contribution in [0, 0.1) is 11.8 Å². The second kappa shape index (κ2) is 4.94. The first-order valence-corrected chi connectivity index (χ1v) is 5.15. The highest BCUT2D eigenvalue weighted by atomic mass is 16.1. The highest BCUT2D eigenvalue weighted by Crippen LogP contribution is 2.17. The second-order valence-corrected chi connectivity index (χ2v) is 4.07. The Balaban J connectivity index is 2.57. The van der Waals surface area contributed by atoms with E-state index in [0.29, 0.717) is 5.92 Å². The minimum Gasteiger partial charge on any atom is -0.300 e. The Labute approximate surface area is 86.1 Å². The fourth-order valence-electron chi connectivity index (χ4n) is 1.56. The maximum Gasteiger partial charge on any atom is 0.132 e. The monoisotopic (exact) mass is 190 g/mol. The van der Waals surface area contributed by atoms with Crippen LogP contribution in [0.1, 0.15) is 26.3 Å². The Morgan fingerprint density at radius 2 is 1.79 bits per heavy atom. The molecule has 0 radical (unpaired) electrons. The van der Waals surface area contributed by atoms with Crippen LogP contribution in [0.15, 0.2) is 30.3 Å². The third-order valence-corrected chi connectivity index (χ3v) is 2.90. The van der Waals surface area contributed by atoms with Crippen LogP contribution in [0.3, 0.4) is 0 Å².